The molecule has 0 aliphatic carbocycles. The Labute approximate surface area is 91.1 Å². The summed E-state index contributed by atoms with van der Waals surface area (Å²) in [5.74, 6) is -0.0231. The van der Waals surface area contributed by atoms with Gasteiger partial charge in [-0.15, -0.1) is 5.10 Å². The quantitative estimate of drug-likeness (QED) is 0.715. The summed E-state index contributed by atoms with van der Waals surface area (Å²) in [6.07, 6.45) is 1.30. The van der Waals surface area contributed by atoms with Crippen molar-refractivity contribution in [1.29, 1.82) is 0 Å². The molecule has 7 nitrogen and oxygen atoms in total. The molecule has 2 aromatic rings. The van der Waals surface area contributed by atoms with E-state index in [4.69, 9.17) is 11.5 Å². The SMILES string of the molecule is Cc1ccc(-n2ncc(C(N)=O)c2N)nn1. The lowest BCUT2D eigenvalue weighted by Gasteiger charge is -2.02. The van der Waals surface area contributed by atoms with Crippen molar-refractivity contribution in [2.75, 3.05) is 5.73 Å². The largest absolute Gasteiger partial charge is 0.383 e. The normalized spacial score (nSPS) is 10.3. The van der Waals surface area contributed by atoms with Crippen LogP contribution in [0.25, 0.3) is 5.82 Å². The van der Waals surface area contributed by atoms with E-state index in [0.29, 0.717) is 5.82 Å². The number of carbonyl (C=O) groups excluding carboxylic acids is 1. The zero-order chi connectivity index (χ0) is 11.7. The molecule has 0 aromatic carbocycles. The summed E-state index contributed by atoms with van der Waals surface area (Å²) < 4.78 is 1.31. The van der Waals surface area contributed by atoms with Gasteiger partial charge in [-0.3, -0.25) is 4.79 Å². The Kier molecular flexibility index (Phi) is 2.28. The maximum Gasteiger partial charge on any atom is 0.254 e. The van der Waals surface area contributed by atoms with Crippen molar-refractivity contribution >= 4 is 11.7 Å². The first-order valence-corrected chi connectivity index (χ1v) is 4.53. The lowest BCUT2D eigenvalue weighted by molar-refractivity contribution is 0.100. The van der Waals surface area contributed by atoms with Crippen LogP contribution in [0.4, 0.5) is 5.82 Å². The van der Waals surface area contributed by atoms with Gasteiger partial charge in [-0.1, -0.05) is 0 Å². The Morgan fingerprint density at radius 2 is 2.12 bits per heavy atom. The second-order valence-corrected chi connectivity index (χ2v) is 3.25. The van der Waals surface area contributed by atoms with Crippen molar-refractivity contribution in [2.45, 2.75) is 6.92 Å². The van der Waals surface area contributed by atoms with Crippen LogP contribution in [-0.4, -0.2) is 25.9 Å². The number of hydrogen-bond donors (Lipinski definition) is 2. The molecule has 2 rings (SSSR count). The van der Waals surface area contributed by atoms with Gasteiger partial charge in [0, 0.05) is 0 Å². The number of rotatable bonds is 2. The van der Waals surface area contributed by atoms with Crippen LogP contribution in [-0.2, 0) is 0 Å². The molecule has 82 valence electrons. The standard InChI is InChI=1S/C9H10N6O/c1-5-2-3-7(14-13-5)15-8(10)6(4-12-15)9(11)16/h2-4H,10H2,1H3,(H2,11,16). The summed E-state index contributed by atoms with van der Waals surface area (Å²) in [6, 6.07) is 3.48. The lowest BCUT2D eigenvalue weighted by Crippen LogP contribution is -2.13. The molecular formula is C9H10N6O. The molecule has 2 aromatic heterocycles. The van der Waals surface area contributed by atoms with E-state index in [1.165, 1.54) is 10.9 Å². The van der Waals surface area contributed by atoms with Gasteiger partial charge in [-0.05, 0) is 19.1 Å². The second kappa shape index (κ2) is 3.61. The van der Waals surface area contributed by atoms with Crippen LogP contribution in [0, 0.1) is 6.92 Å². The van der Waals surface area contributed by atoms with Crippen LogP contribution < -0.4 is 11.5 Å². The fourth-order valence-electron chi connectivity index (χ4n) is 1.24. The Bertz CT molecular complexity index is 529. The number of aryl methyl sites for hydroxylation is 1. The summed E-state index contributed by atoms with van der Waals surface area (Å²) >= 11 is 0. The summed E-state index contributed by atoms with van der Waals surface area (Å²) in [5, 5.41) is 11.7. The maximum atomic E-state index is 11.0. The predicted molar refractivity (Wildman–Crippen MR) is 56.8 cm³/mol. The van der Waals surface area contributed by atoms with Gasteiger partial charge in [0.05, 0.1) is 11.9 Å². The van der Waals surface area contributed by atoms with E-state index in [1.807, 2.05) is 6.92 Å². The number of nitrogens with zero attached hydrogens (tertiary/aromatic N) is 4. The van der Waals surface area contributed by atoms with Crippen LogP contribution in [0.2, 0.25) is 0 Å². The number of amides is 1. The number of nitrogens with two attached hydrogens (primary N) is 2. The van der Waals surface area contributed by atoms with Crippen LogP contribution in [0.3, 0.4) is 0 Å². The van der Waals surface area contributed by atoms with Gasteiger partial charge in [0.25, 0.3) is 5.91 Å². The highest BCUT2D eigenvalue weighted by atomic mass is 16.1. The molecule has 0 fully saturated rings. The van der Waals surface area contributed by atoms with E-state index in [-0.39, 0.29) is 11.4 Å². The van der Waals surface area contributed by atoms with Gasteiger partial charge in [-0.2, -0.15) is 14.9 Å². The topological polar surface area (TPSA) is 113 Å². The van der Waals surface area contributed by atoms with Gasteiger partial charge in [-0.25, -0.2) is 0 Å². The van der Waals surface area contributed by atoms with E-state index in [0.717, 1.165) is 5.69 Å². The van der Waals surface area contributed by atoms with E-state index in [1.54, 1.807) is 12.1 Å². The average Bonchev–Trinajstić information content (AvgIpc) is 2.61. The smallest absolute Gasteiger partial charge is 0.254 e. The molecule has 16 heavy (non-hydrogen) atoms. The number of hydrogen-bond acceptors (Lipinski definition) is 5. The number of nitrogen functional groups attached to an aromatic ring is 1. The first-order chi connectivity index (χ1) is 7.59. The monoisotopic (exact) mass is 218 g/mol. The summed E-state index contributed by atoms with van der Waals surface area (Å²) in [6.45, 7) is 1.82. The van der Waals surface area contributed by atoms with E-state index >= 15 is 0 Å². The van der Waals surface area contributed by atoms with Gasteiger partial charge in [0.15, 0.2) is 5.82 Å². The van der Waals surface area contributed by atoms with Gasteiger partial charge >= 0.3 is 0 Å². The molecule has 1 amide bonds. The van der Waals surface area contributed by atoms with Crippen molar-refractivity contribution in [1.82, 2.24) is 20.0 Å². The Morgan fingerprint density at radius 3 is 2.62 bits per heavy atom. The molecular weight excluding hydrogens is 208 g/mol. The van der Waals surface area contributed by atoms with E-state index in [2.05, 4.69) is 15.3 Å². The van der Waals surface area contributed by atoms with Gasteiger partial charge < -0.3 is 11.5 Å². The molecule has 0 radical (unpaired) electrons. The van der Waals surface area contributed by atoms with Gasteiger partial charge in [0.1, 0.15) is 11.4 Å². The zero-order valence-electron chi connectivity index (χ0n) is 8.58. The number of carbonyl (C=O) groups is 1. The third-order valence-corrected chi connectivity index (χ3v) is 2.07. The molecule has 0 aliphatic heterocycles. The van der Waals surface area contributed by atoms with Crippen molar-refractivity contribution in [2.24, 2.45) is 5.73 Å². The molecule has 0 spiro atoms. The molecule has 0 atom stereocenters. The zero-order valence-corrected chi connectivity index (χ0v) is 8.58. The van der Waals surface area contributed by atoms with Crippen LogP contribution in [0.1, 0.15) is 16.1 Å². The number of anilines is 1. The Morgan fingerprint density at radius 1 is 1.38 bits per heavy atom. The maximum absolute atomic E-state index is 11.0. The van der Waals surface area contributed by atoms with Crippen molar-refractivity contribution in [3.63, 3.8) is 0 Å². The van der Waals surface area contributed by atoms with Crippen molar-refractivity contribution in [3.8, 4) is 5.82 Å². The molecule has 0 bridgehead atoms. The molecule has 2 heterocycles. The fraction of sp³-hybridized carbons (Fsp3) is 0.111. The van der Waals surface area contributed by atoms with E-state index < -0.39 is 5.91 Å². The summed E-state index contributed by atoms with van der Waals surface area (Å²) in [4.78, 5) is 11.0. The highest BCUT2D eigenvalue weighted by Gasteiger charge is 2.13. The minimum atomic E-state index is -0.621. The third kappa shape index (κ3) is 1.58. The summed E-state index contributed by atoms with van der Waals surface area (Å²) in [7, 11) is 0. The first-order valence-electron chi connectivity index (χ1n) is 4.53. The highest BCUT2D eigenvalue weighted by molar-refractivity contribution is 5.97. The number of primary amides is 1. The minimum Gasteiger partial charge on any atom is -0.383 e. The molecule has 0 saturated carbocycles. The Balaban J connectivity index is 2.49. The third-order valence-electron chi connectivity index (χ3n) is 2.07. The molecule has 0 saturated heterocycles. The van der Waals surface area contributed by atoms with Crippen LogP contribution in [0.5, 0.6) is 0 Å². The second-order valence-electron chi connectivity index (χ2n) is 3.25. The van der Waals surface area contributed by atoms with Crippen molar-refractivity contribution < 1.29 is 4.79 Å². The average molecular weight is 218 g/mol. The molecule has 0 unspecified atom stereocenters. The molecule has 0 aliphatic rings. The van der Waals surface area contributed by atoms with Crippen LogP contribution >= 0.6 is 0 Å². The number of aromatic nitrogens is 4. The predicted octanol–water partition coefficient (Wildman–Crippen LogP) is -0.348. The lowest BCUT2D eigenvalue weighted by atomic mass is 10.3. The van der Waals surface area contributed by atoms with Gasteiger partial charge in [0.2, 0.25) is 0 Å². The first kappa shape index (κ1) is 10.1. The highest BCUT2D eigenvalue weighted by Crippen LogP contribution is 2.14. The van der Waals surface area contributed by atoms with Crippen molar-refractivity contribution in [3.05, 3.63) is 29.6 Å². The summed E-state index contributed by atoms with van der Waals surface area (Å²) in [5.41, 5.74) is 11.8. The molecule has 4 N–H and O–H groups in total. The van der Waals surface area contributed by atoms with E-state index in [9.17, 15) is 4.79 Å². The minimum absolute atomic E-state index is 0.158. The Hall–Kier alpha value is -2.44. The fourth-order valence-corrected chi connectivity index (χ4v) is 1.24. The molecule has 7 heteroatoms. The van der Waals surface area contributed by atoms with Crippen LogP contribution in [0.15, 0.2) is 18.3 Å².